The number of hydrogen-bond donors (Lipinski definition) is 1. The molecule has 2 nitrogen and oxygen atoms in total. The average Bonchev–Trinajstić information content (AvgIpc) is 2.47. The van der Waals surface area contributed by atoms with Gasteiger partial charge in [-0.25, -0.2) is 4.39 Å². The molecule has 0 aromatic heterocycles. The predicted octanol–water partition coefficient (Wildman–Crippen LogP) is 5.01. The molecule has 4 heteroatoms. The number of benzene rings is 2. The van der Waals surface area contributed by atoms with E-state index in [4.69, 9.17) is 4.74 Å². The topological polar surface area (TPSA) is 21.3 Å². The van der Waals surface area contributed by atoms with Crippen LogP contribution in [0.4, 0.5) is 4.39 Å². The van der Waals surface area contributed by atoms with Gasteiger partial charge in [0.25, 0.3) is 0 Å². The molecule has 2 aromatic carbocycles. The summed E-state index contributed by atoms with van der Waals surface area (Å²) in [7, 11) is 1.48. The van der Waals surface area contributed by atoms with Gasteiger partial charge in [-0.3, -0.25) is 0 Å². The third kappa shape index (κ3) is 4.05. The number of nitrogens with one attached hydrogen (secondary N) is 1. The third-order valence-electron chi connectivity index (χ3n) is 3.52. The molecule has 2 atom stereocenters. The highest BCUT2D eigenvalue weighted by atomic mass is 79.9. The molecule has 2 rings (SSSR count). The molecular formula is C17H19BrFNO. The fraction of sp³-hybridized carbons (Fsp3) is 0.294. The van der Waals surface area contributed by atoms with Gasteiger partial charge in [0, 0.05) is 16.6 Å². The van der Waals surface area contributed by atoms with E-state index in [1.54, 1.807) is 12.1 Å². The Kier molecular flexibility index (Phi) is 5.37. The van der Waals surface area contributed by atoms with Crippen LogP contribution in [0, 0.1) is 5.82 Å². The molecule has 0 fully saturated rings. The molecule has 2 aromatic rings. The molecule has 0 amide bonds. The number of hydrogen-bond acceptors (Lipinski definition) is 2. The number of halogens is 2. The maximum absolute atomic E-state index is 13.5. The lowest BCUT2D eigenvalue weighted by Crippen LogP contribution is -2.22. The van der Waals surface area contributed by atoms with Crippen LogP contribution in [0.2, 0.25) is 0 Å². The van der Waals surface area contributed by atoms with Gasteiger partial charge in [-0.1, -0.05) is 34.1 Å². The van der Waals surface area contributed by atoms with Crippen molar-refractivity contribution in [2.75, 3.05) is 7.11 Å². The Morgan fingerprint density at radius 3 is 2.33 bits per heavy atom. The van der Waals surface area contributed by atoms with E-state index in [1.165, 1.54) is 18.7 Å². The van der Waals surface area contributed by atoms with Crippen LogP contribution in [0.5, 0.6) is 5.75 Å². The smallest absolute Gasteiger partial charge is 0.165 e. The molecule has 0 saturated heterocycles. The summed E-state index contributed by atoms with van der Waals surface area (Å²) in [4.78, 5) is 0. The van der Waals surface area contributed by atoms with Crippen LogP contribution in [0.1, 0.15) is 37.1 Å². The number of methoxy groups -OCH3 is 1. The minimum atomic E-state index is -0.339. The van der Waals surface area contributed by atoms with E-state index in [1.807, 2.05) is 12.1 Å². The second-order valence-corrected chi connectivity index (χ2v) is 5.97. The summed E-state index contributed by atoms with van der Waals surface area (Å²) in [5.41, 5.74) is 2.19. The van der Waals surface area contributed by atoms with Gasteiger partial charge in [0.15, 0.2) is 11.6 Å². The zero-order valence-corrected chi connectivity index (χ0v) is 13.9. The van der Waals surface area contributed by atoms with Crippen LogP contribution in [0.25, 0.3) is 0 Å². The van der Waals surface area contributed by atoms with E-state index < -0.39 is 0 Å². The van der Waals surface area contributed by atoms with Crippen molar-refractivity contribution in [2.45, 2.75) is 25.9 Å². The Morgan fingerprint density at radius 2 is 1.71 bits per heavy atom. The van der Waals surface area contributed by atoms with Crippen molar-refractivity contribution in [2.24, 2.45) is 0 Å². The van der Waals surface area contributed by atoms with E-state index in [9.17, 15) is 4.39 Å². The summed E-state index contributed by atoms with van der Waals surface area (Å²) in [6.45, 7) is 4.17. The van der Waals surface area contributed by atoms with E-state index in [0.29, 0.717) is 0 Å². The highest BCUT2D eigenvalue weighted by Gasteiger charge is 2.13. The van der Waals surface area contributed by atoms with Crippen LogP contribution in [-0.2, 0) is 0 Å². The van der Waals surface area contributed by atoms with E-state index >= 15 is 0 Å². The van der Waals surface area contributed by atoms with E-state index in [-0.39, 0.29) is 23.7 Å². The summed E-state index contributed by atoms with van der Waals surface area (Å²) in [6, 6.07) is 13.4. The summed E-state index contributed by atoms with van der Waals surface area (Å²) < 4.78 is 19.5. The molecule has 1 unspecified atom stereocenters. The number of rotatable bonds is 5. The Morgan fingerprint density at radius 1 is 1.05 bits per heavy atom. The zero-order valence-electron chi connectivity index (χ0n) is 12.4. The first kappa shape index (κ1) is 16.0. The Bertz CT molecular complexity index is 617. The Labute approximate surface area is 133 Å². The van der Waals surface area contributed by atoms with Crippen molar-refractivity contribution in [3.05, 3.63) is 63.9 Å². The molecule has 0 aliphatic heterocycles. The van der Waals surface area contributed by atoms with Gasteiger partial charge in [-0.05, 0) is 49.2 Å². The Balaban J connectivity index is 2.12. The standard InChI is InChI=1S/C17H19BrFNO/c1-11(13-5-4-6-15(18)9-13)20-12(2)14-7-8-16(19)17(10-14)21-3/h4-12,20H,1-3H3/t11-,12?/m0/s1. The molecule has 0 bridgehead atoms. The van der Waals surface area contributed by atoms with Crippen molar-refractivity contribution in [3.8, 4) is 5.75 Å². The highest BCUT2D eigenvalue weighted by Crippen LogP contribution is 2.25. The van der Waals surface area contributed by atoms with Crippen molar-refractivity contribution in [3.63, 3.8) is 0 Å². The molecule has 0 aliphatic carbocycles. The molecule has 0 saturated carbocycles. The van der Waals surface area contributed by atoms with Crippen LogP contribution in [0.15, 0.2) is 46.9 Å². The quantitative estimate of drug-likeness (QED) is 0.817. The van der Waals surface area contributed by atoms with Crippen LogP contribution in [-0.4, -0.2) is 7.11 Å². The Hall–Kier alpha value is -1.39. The summed E-state index contributed by atoms with van der Waals surface area (Å²) in [6.07, 6.45) is 0. The van der Waals surface area contributed by atoms with Crippen molar-refractivity contribution < 1.29 is 9.13 Å². The molecule has 0 aliphatic rings. The van der Waals surface area contributed by atoms with Crippen molar-refractivity contribution in [1.29, 1.82) is 0 Å². The second-order valence-electron chi connectivity index (χ2n) is 5.06. The SMILES string of the molecule is COc1cc(C(C)N[C@@H](C)c2cccc(Br)c2)ccc1F. The fourth-order valence-corrected chi connectivity index (χ4v) is 2.71. The zero-order chi connectivity index (χ0) is 15.4. The van der Waals surface area contributed by atoms with Gasteiger partial charge >= 0.3 is 0 Å². The van der Waals surface area contributed by atoms with Gasteiger partial charge in [-0.2, -0.15) is 0 Å². The molecule has 112 valence electrons. The van der Waals surface area contributed by atoms with Crippen LogP contribution in [0.3, 0.4) is 0 Å². The lowest BCUT2D eigenvalue weighted by atomic mass is 10.0. The minimum absolute atomic E-state index is 0.0912. The maximum atomic E-state index is 13.5. The predicted molar refractivity (Wildman–Crippen MR) is 87.1 cm³/mol. The first-order chi connectivity index (χ1) is 10.0. The lowest BCUT2D eigenvalue weighted by molar-refractivity contribution is 0.384. The van der Waals surface area contributed by atoms with Crippen molar-refractivity contribution in [1.82, 2.24) is 5.32 Å². The monoisotopic (exact) mass is 351 g/mol. The minimum Gasteiger partial charge on any atom is -0.494 e. The molecule has 0 spiro atoms. The van der Waals surface area contributed by atoms with Gasteiger partial charge in [-0.15, -0.1) is 0 Å². The third-order valence-corrected chi connectivity index (χ3v) is 4.02. The fourth-order valence-electron chi connectivity index (χ4n) is 2.29. The van der Waals surface area contributed by atoms with Gasteiger partial charge in [0.1, 0.15) is 0 Å². The summed E-state index contributed by atoms with van der Waals surface area (Å²) in [5, 5.41) is 3.51. The van der Waals surface area contributed by atoms with E-state index in [2.05, 4.69) is 47.2 Å². The number of ether oxygens (including phenoxy) is 1. The summed E-state index contributed by atoms with van der Waals surface area (Å²) >= 11 is 3.48. The van der Waals surface area contributed by atoms with Gasteiger partial charge < -0.3 is 10.1 Å². The summed E-state index contributed by atoms with van der Waals surface area (Å²) in [5.74, 6) is -0.0650. The van der Waals surface area contributed by atoms with E-state index in [0.717, 1.165) is 10.0 Å². The molecule has 1 N–H and O–H groups in total. The molecular weight excluding hydrogens is 333 g/mol. The second kappa shape index (κ2) is 7.05. The lowest BCUT2D eigenvalue weighted by Gasteiger charge is -2.21. The normalized spacial score (nSPS) is 13.8. The molecule has 21 heavy (non-hydrogen) atoms. The maximum Gasteiger partial charge on any atom is 0.165 e. The first-order valence-corrected chi connectivity index (χ1v) is 7.65. The molecule has 0 heterocycles. The largest absolute Gasteiger partial charge is 0.494 e. The van der Waals surface area contributed by atoms with Crippen LogP contribution >= 0.6 is 15.9 Å². The average molecular weight is 352 g/mol. The van der Waals surface area contributed by atoms with Crippen LogP contribution < -0.4 is 10.1 Å². The first-order valence-electron chi connectivity index (χ1n) is 6.86. The van der Waals surface area contributed by atoms with Gasteiger partial charge in [0.2, 0.25) is 0 Å². The van der Waals surface area contributed by atoms with Gasteiger partial charge in [0.05, 0.1) is 7.11 Å². The molecule has 0 radical (unpaired) electrons. The van der Waals surface area contributed by atoms with Crippen molar-refractivity contribution >= 4 is 15.9 Å². The highest BCUT2D eigenvalue weighted by molar-refractivity contribution is 9.10.